The SMILES string of the molecule is Cc1ccc(N(C2=CC=C(/C=C\C=C/c3ccccc3)CC2)c2ccc(/C=C\C=C\c3ccccc3)cc2)cc1. The second kappa shape index (κ2) is 13.8. The second-order valence-electron chi connectivity index (χ2n) is 9.92. The highest BCUT2D eigenvalue weighted by Crippen LogP contribution is 2.34. The van der Waals surface area contributed by atoms with E-state index in [2.05, 4.69) is 170 Å². The highest BCUT2D eigenvalue weighted by atomic mass is 15.1. The molecule has 0 heterocycles. The number of allylic oxidation sites excluding steroid dienone is 9. The van der Waals surface area contributed by atoms with Gasteiger partial charge in [0.2, 0.25) is 0 Å². The molecule has 0 aliphatic heterocycles. The predicted octanol–water partition coefficient (Wildman–Crippen LogP) is 10.7. The van der Waals surface area contributed by atoms with E-state index < -0.39 is 0 Å². The van der Waals surface area contributed by atoms with E-state index in [1.165, 1.54) is 44.9 Å². The van der Waals surface area contributed by atoms with Crippen LogP contribution in [0.3, 0.4) is 0 Å². The first-order chi connectivity index (χ1) is 19.7. The lowest BCUT2D eigenvalue weighted by Gasteiger charge is -2.29. The lowest BCUT2D eigenvalue weighted by Crippen LogP contribution is -2.17. The molecule has 0 atom stereocenters. The van der Waals surface area contributed by atoms with Gasteiger partial charge in [0.1, 0.15) is 0 Å². The third kappa shape index (κ3) is 7.58. The van der Waals surface area contributed by atoms with E-state index in [9.17, 15) is 0 Å². The second-order valence-corrected chi connectivity index (χ2v) is 9.92. The average Bonchev–Trinajstić information content (AvgIpc) is 3.01. The zero-order valence-corrected chi connectivity index (χ0v) is 23.0. The van der Waals surface area contributed by atoms with Crippen molar-refractivity contribution >= 4 is 29.6 Å². The van der Waals surface area contributed by atoms with Crippen LogP contribution >= 0.6 is 0 Å². The van der Waals surface area contributed by atoms with Gasteiger partial charge in [-0.25, -0.2) is 0 Å². The van der Waals surface area contributed by atoms with Crippen molar-refractivity contribution in [3.8, 4) is 0 Å². The summed E-state index contributed by atoms with van der Waals surface area (Å²) >= 11 is 0. The molecule has 0 aromatic heterocycles. The molecule has 0 bridgehead atoms. The van der Waals surface area contributed by atoms with Crippen LogP contribution in [0.15, 0.2) is 163 Å². The molecule has 0 N–H and O–H groups in total. The van der Waals surface area contributed by atoms with Crippen LogP contribution in [-0.2, 0) is 0 Å². The fourth-order valence-electron chi connectivity index (χ4n) is 4.68. The number of rotatable bonds is 9. The van der Waals surface area contributed by atoms with Gasteiger partial charge in [-0.2, -0.15) is 0 Å². The number of benzene rings is 4. The van der Waals surface area contributed by atoms with E-state index in [1.54, 1.807) is 0 Å². The normalized spacial score (nSPS) is 13.8. The molecule has 40 heavy (non-hydrogen) atoms. The minimum atomic E-state index is 0.985. The molecular weight excluding hydrogens is 482 g/mol. The monoisotopic (exact) mass is 517 g/mol. The van der Waals surface area contributed by atoms with E-state index in [4.69, 9.17) is 0 Å². The van der Waals surface area contributed by atoms with Crippen LogP contribution in [0.2, 0.25) is 0 Å². The van der Waals surface area contributed by atoms with E-state index in [1.807, 2.05) is 12.1 Å². The Balaban J connectivity index is 1.32. The Hall–Kier alpha value is -4.88. The summed E-state index contributed by atoms with van der Waals surface area (Å²) in [5, 5.41) is 0. The number of hydrogen-bond acceptors (Lipinski definition) is 1. The zero-order chi connectivity index (χ0) is 27.4. The van der Waals surface area contributed by atoms with Crippen molar-refractivity contribution in [1.82, 2.24) is 0 Å². The highest BCUT2D eigenvalue weighted by Gasteiger charge is 2.16. The Kier molecular flexibility index (Phi) is 9.20. The van der Waals surface area contributed by atoms with Crippen LogP contribution in [0.25, 0.3) is 18.2 Å². The number of anilines is 2. The lowest BCUT2D eigenvalue weighted by molar-refractivity contribution is 0.891. The van der Waals surface area contributed by atoms with Crippen molar-refractivity contribution in [3.05, 3.63) is 185 Å². The predicted molar refractivity (Wildman–Crippen MR) is 174 cm³/mol. The maximum Gasteiger partial charge on any atom is 0.0458 e. The van der Waals surface area contributed by atoms with Crippen LogP contribution in [0, 0.1) is 6.92 Å². The van der Waals surface area contributed by atoms with Gasteiger partial charge < -0.3 is 4.90 Å². The van der Waals surface area contributed by atoms with Crippen molar-refractivity contribution in [3.63, 3.8) is 0 Å². The first-order valence-electron chi connectivity index (χ1n) is 13.9. The number of hydrogen-bond donors (Lipinski definition) is 0. The van der Waals surface area contributed by atoms with Crippen LogP contribution in [0.5, 0.6) is 0 Å². The quantitative estimate of drug-likeness (QED) is 0.200. The summed E-state index contributed by atoms with van der Waals surface area (Å²) in [6.45, 7) is 2.13. The van der Waals surface area contributed by atoms with Crippen molar-refractivity contribution in [2.45, 2.75) is 19.8 Å². The number of nitrogens with zero attached hydrogens (tertiary/aromatic N) is 1. The van der Waals surface area contributed by atoms with Gasteiger partial charge in [0.15, 0.2) is 0 Å². The third-order valence-electron chi connectivity index (χ3n) is 6.89. The van der Waals surface area contributed by atoms with E-state index >= 15 is 0 Å². The first kappa shape index (κ1) is 26.7. The molecule has 1 aliphatic carbocycles. The molecule has 5 rings (SSSR count). The molecule has 1 heteroatoms. The van der Waals surface area contributed by atoms with Gasteiger partial charge in [0.05, 0.1) is 0 Å². The maximum atomic E-state index is 2.38. The fourth-order valence-corrected chi connectivity index (χ4v) is 4.68. The Morgan fingerprint density at radius 2 is 0.950 bits per heavy atom. The van der Waals surface area contributed by atoms with Crippen LogP contribution in [-0.4, -0.2) is 0 Å². The zero-order valence-electron chi connectivity index (χ0n) is 23.0. The molecule has 0 spiro atoms. The Bertz CT molecular complexity index is 1550. The van der Waals surface area contributed by atoms with Gasteiger partial charge in [-0.3, -0.25) is 0 Å². The summed E-state index contributed by atoms with van der Waals surface area (Å²) in [6, 6.07) is 38.4. The average molecular weight is 518 g/mol. The minimum Gasteiger partial charge on any atom is -0.314 e. The largest absolute Gasteiger partial charge is 0.314 e. The van der Waals surface area contributed by atoms with E-state index in [0.717, 1.165) is 12.8 Å². The molecule has 0 amide bonds. The smallest absolute Gasteiger partial charge is 0.0458 e. The fraction of sp³-hybridized carbons (Fsp3) is 0.0769. The third-order valence-corrected chi connectivity index (χ3v) is 6.89. The summed E-state index contributed by atoms with van der Waals surface area (Å²) in [5.74, 6) is 0. The van der Waals surface area contributed by atoms with Crippen molar-refractivity contribution in [1.29, 1.82) is 0 Å². The summed E-state index contributed by atoms with van der Waals surface area (Å²) in [4.78, 5) is 2.38. The van der Waals surface area contributed by atoms with Crippen LogP contribution < -0.4 is 4.90 Å². The number of aryl methyl sites for hydroxylation is 1. The topological polar surface area (TPSA) is 3.24 Å². The Morgan fingerprint density at radius 3 is 1.45 bits per heavy atom. The van der Waals surface area contributed by atoms with Gasteiger partial charge in [-0.05, 0) is 72.4 Å². The molecule has 4 aromatic carbocycles. The molecule has 0 saturated heterocycles. The minimum absolute atomic E-state index is 0.985. The van der Waals surface area contributed by atoms with Crippen molar-refractivity contribution < 1.29 is 0 Å². The van der Waals surface area contributed by atoms with Gasteiger partial charge in [0.25, 0.3) is 0 Å². The first-order valence-corrected chi connectivity index (χ1v) is 13.9. The molecule has 1 nitrogen and oxygen atoms in total. The van der Waals surface area contributed by atoms with Crippen LogP contribution in [0.4, 0.5) is 11.4 Å². The maximum absolute atomic E-state index is 2.38. The van der Waals surface area contributed by atoms with Crippen molar-refractivity contribution in [2.75, 3.05) is 4.90 Å². The summed E-state index contributed by atoms with van der Waals surface area (Å²) in [6.07, 6.45) is 23.6. The molecule has 0 saturated carbocycles. The molecule has 0 fully saturated rings. The molecule has 196 valence electrons. The molecule has 0 radical (unpaired) electrons. The standard InChI is InChI=1S/C39H35N/c1-32-20-26-37(27-21-32)40(38-28-22-35(23-29-38)18-10-8-16-33-12-4-2-5-13-33)39-30-24-36(25-31-39)19-11-9-17-34-14-6-3-7-15-34/h2-24,26-30H,25,31H2,1H3/b16-8+,17-9-,18-10-,19-11-. The lowest BCUT2D eigenvalue weighted by atomic mass is 10.00. The summed E-state index contributed by atoms with van der Waals surface area (Å²) in [5.41, 5.74) is 9.86. The van der Waals surface area contributed by atoms with Gasteiger partial charge in [-0.15, -0.1) is 0 Å². The van der Waals surface area contributed by atoms with Gasteiger partial charge in [-0.1, -0.05) is 145 Å². The molecule has 4 aromatic rings. The molecule has 0 unspecified atom stereocenters. The summed E-state index contributed by atoms with van der Waals surface area (Å²) < 4.78 is 0. The van der Waals surface area contributed by atoms with Gasteiger partial charge >= 0.3 is 0 Å². The molecule has 1 aliphatic rings. The highest BCUT2D eigenvalue weighted by molar-refractivity contribution is 5.71. The van der Waals surface area contributed by atoms with E-state index in [0.29, 0.717) is 0 Å². The van der Waals surface area contributed by atoms with Crippen molar-refractivity contribution in [2.24, 2.45) is 0 Å². The Morgan fingerprint density at radius 1 is 0.475 bits per heavy atom. The van der Waals surface area contributed by atoms with E-state index in [-0.39, 0.29) is 0 Å². The van der Waals surface area contributed by atoms with Gasteiger partial charge in [0, 0.05) is 17.1 Å². The van der Waals surface area contributed by atoms with Crippen LogP contribution in [0.1, 0.15) is 35.1 Å². The Labute approximate surface area is 239 Å². The molecular formula is C39H35N. The summed E-state index contributed by atoms with van der Waals surface area (Å²) in [7, 11) is 0.